The van der Waals surface area contributed by atoms with Gasteiger partial charge in [0.25, 0.3) is 5.91 Å². The molecular weight excluding hydrogens is 424 g/mol. The molecule has 0 aromatic heterocycles. The normalized spacial score (nSPS) is 24.3. The van der Waals surface area contributed by atoms with Crippen LogP contribution in [0.4, 0.5) is 10.5 Å². The highest BCUT2D eigenvalue weighted by Gasteiger charge is 2.50. The molecule has 3 fully saturated rings. The van der Waals surface area contributed by atoms with Crippen molar-refractivity contribution >= 4 is 30.0 Å². The van der Waals surface area contributed by atoms with Crippen LogP contribution in [0.5, 0.6) is 0 Å². The van der Waals surface area contributed by atoms with Crippen LogP contribution in [0.2, 0.25) is 0 Å². The van der Waals surface area contributed by atoms with E-state index in [1.54, 1.807) is 4.90 Å². The third-order valence-corrected chi connectivity index (χ3v) is 7.33. The number of amides is 3. The molecule has 3 amide bonds. The quantitative estimate of drug-likeness (QED) is 0.729. The first-order chi connectivity index (χ1) is 15.1. The van der Waals surface area contributed by atoms with Crippen LogP contribution in [0.25, 0.3) is 0 Å². The number of likely N-dealkylation sites (tertiary alicyclic amines) is 1. The van der Waals surface area contributed by atoms with Crippen LogP contribution in [-0.2, 0) is 6.42 Å². The summed E-state index contributed by atoms with van der Waals surface area (Å²) in [7, 11) is 0. The molecule has 5 rings (SSSR count). The minimum atomic E-state index is -0.0886. The number of nitrogens with zero attached hydrogens (tertiary/aromatic N) is 2. The molecule has 3 aliphatic rings. The molecule has 32 heavy (non-hydrogen) atoms. The van der Waals surface area contributed by atoms with Gasteiger partial charge in [0.1, 0.15) is 0 Å². The average molecular weight is 455 g/mol. The summed E-state index contributed by atoms with van der Waals surface area (Å²) in [6.45, 7) is 6.81. The second-order valence-corrected chi connectivity index (χ2v) is 9.25. The number of urea groups is 1. The number of carbonyl (C=O) groups is 2. The van der Waals surface area contributed by atoms with Gasteiger partial charge in [-0.3, -0.25) is 9.69 Å². The average Bonchev–Trinajstić information content (AvgIpc) is 3.47. The second kappa shape index (κ2) is 9.12. The number of anilines is 1. The lowest BCUT2D eigenvalue weighted by molar-refractivity contribution is 0.0769. The fraction of sp³-hybridized carbons (Fsp3) is 0.440. The lowest BCUT2D eigenvalue weighted by Crippen LogP contribution is -2.36. The van der Waals surface area contributed by atoms with E-state index in [0.29, 0.717) is 24.6 Å². The molecule has 2 unspecified atom stereocenters. The zero-order valence-corrected chi connectivity index (χ0v) is 19.3. The molecule has 3 heterocycles. The molecule has 2 aromatic carbocycles. The van der Waals surface area contributed by atoms with E-state index in [1.165, 1.54) is 5.56 Å². The van der Waals surface area contributed by atoms with E-state index < -0.39 is 0 Å². The Morgan fingerprint density at radius 1 is 1.19 bits per heavy atom. The van der Waals surface area contributed by atoms with Gasteiger partial charge in [-0.25, -0.2) is 4.79 Å². The number of aryl methyl sites for hydroxylation is 2. The van der Waals surface area contributed by atoms with Crippen LogP contribution in [0.3, 0.4) is 0 Å². The number of hydrogen-bond donors (Lipinski definition) is 2. The van der Waals surface area contributed by atoms with Crippen molar-refractivity contribution in [2.24, 2.45) is 11.3 Å². The number of carbonyl (C=O) groups excluding carboxylic acids is 2. The standard InChI is InChI=1S/C25H30N4O2.ClH/c1-18-7-8-20(13-22(18)29-12-11-27-24(29)31)23(30)28-15-21-14-26-16-25(21,17-28)10-9-19-5-3-2-4-6-19;/h2-8,13,21,26H,9-12,14-17H2,1H3,(H,27,31);1H. The van der Waals surface area contributed by atoms with Crippen molar-refractivity contribution in [2.75, 3.05) is 44.2 Å². The van der Waals surface area contributed by atoms with Crippen molar-refractivity contribution in [1.29, 1.82) is 0 Å². The smallest absolute Gasteiger partial charge is 0.322 e. The van der Waals surface area contributed by atoms with Gasteiger partial charge in [0.2, 0.25) is 0 Å². The number of fused-ring (bicyclic) bond motifs is 1. The van der Waals surface area contributed by atoms with Crippen LogP contribution in [0.15, 0.2) is 48.5 Å². The first-order valence-corrected chi connectivity index (χ1v) is 11.3. The Morgan fingerprint density at radius 3 is 2.75 bits per heavy atom. The van der Waals surface area contributed by atoms with Gasteiger partial charge in [-0.2, -0.15) is 0 Å². The van der Waals surface area contributed by atoms with Crippen LogP contribution in [0.1, 0.15) is 27.9 Å². The summed E-state index contributed by atoms with van der Waals surface area (Å²) < 4.78 is 0. The van der Waals surface area contributed by atoms with Gasteiger partial charge in [-0.15, -0.1) is 12.4 Å². The SMILES string of the molecule is Cc1ccc(C(=O)N2CC3CNCC3(CCc3ccccc3)C2)cc1N1CCNC1=O.Cl. The Balaban J connectivity index is 0.00000245. The fourth-order valence-electron chi connectivity index (χ4n) is 5.49. The predicted molar refractivity (Wildman–Crippen MR) is 129 cm³/mol. The first kappa shape index (κ1) is 22.6. The third kappa shape index (κ3) is 4.09. The number of nitrogens with one attached hydrogen (secondary N) is 2. The second-order valence-electron chi connectivity index (χ2n) is 9.25. The van der Waals surface area contributed by atoms with Gasteiger partial charge in [-0.05, 0) is 48.9 Å². The highest BCUT2D eigenvalue weighted by molar-refractivity contribution is 5.99. The predicted octanol–water partition coefficient (Wildman–Crippen LogP) is 3.24. The lowest BCUT2D eigenvalue weighted by Gasteiger charge is -2.28. The summed E-state index contributed by atoms with van der Waals surface area (Å²) in [5.74, 6) is 0.573. The third-order valence-electron chi connectivity index (χ3n) is 7.33. The molecular formula is C25H31ClN4O2. The Labute approximate surface area is 195 Å². The topological polar surface area (TPSA) is 64.7 Å². The van der Waals surface area contributed by atoms with E-state index in [2.05, 4.69) is 41.0 Å². The van der Waals surface area contributed by atoms with Crippen LogP contribution < -0.4 is 15.5 Å². The van der Waals surface area contributed by atoms with Crippen LogP contribution in [0, 0.1) is 18.3 Å². The molecule has 0 radical (unpaired) electrons. The zero-order chi connectivity index (χ0) is 21.4. The number of hydrogen-bond acceptors (Lipinski definition) is 3. The number of halogens is 1. The van der Waals surface area contributed by atoms with Crippen LogP contribution in [-0.4, -0.2) is 56.1 Å². The maximum absolute atomic E-state index is 13.4. The molecule has 0 saturated carbocycles. The summed E-state index contributed by atoms with van der Waals surface area (Å²) in [6, 6.07) is 16.3. The van der Waals surface area contributed by atoms with Gasteiger partial charge in [0.05, 0.1) is 0 Å². The molecule has 7 heteroatoms. The number of rotatable bonds is 5. The Hall–Kier alpha value is -2.57. The minimum Gasteiger partial charge on any atom is -0.338 e. The summed E-state index contributed by atoms with van der Waals surface area (Å²) in [6.07, 6.45) is 2.13. The maximum atomic E-state index is 13.4. The monoisotopic (exact) mass is 454 g/mol. The molecule has 6 nitrogen and oxygen atoms in total. The Kier molecular flexibility index (Phi) is 6.45. The van der Waals surface area contributed by atoms with Crippen LogP contribution >= 0.6 is 12.4 Å². The van der Waals surface area contributed by atoms with Crippen molar-refractivity contribution in [3.63, 3.8) is 0 Å². The maximum Gasteiger partial charge on any atom is 0.322 e. The van der Waals surface area contributed by atoms with Crippen molar-refractivity contribution in [2.45, 2.75) is 19.8 Å². The van der Waals surface area contributed by atoms with Gasteiger partial charge in [0.15, 0.2) is 0 Å². The molecule has 2 atom stereocenters. The Bertz CT molecular complexity index is 999. The van der Waals surface area contributed by atoms with Gasteiger partial charge in [-0.1, -0.05) is 36.4 Å². The molecule has 3 saturated heterocycles. The minimum absolute atomic E-state index is 0. The first-order valence-electron chi connectivity index (χ1n) is 11.3. The summed E-state index contributed by atoms with van der Waals surface area (Å²) in [5, 5.41) is 6.41. The molecule has 170 valence electrons. The highest BCUT2D eigenvalue weighted by atomic mass is 35.5. The van der Waals surface area contributed by atoms with Gasteiger partial charge in [0, 0.05) is 55.9 Å². The largest absolute Gasteiger partial charge is 0.338 e. The van der Waals surface area contributed by atoms with E-state index in [1.807, 2.05) is 30.0 Å². The summed E-state index contributed by atoms with van der Waals surface area (Å²) in [4.78, 5) is 29.4. The molecule has 3 aliphatic heterocycles. The Morgan fingerprint density at radius 2 is 2.00 bits per heavy atom. The number of benzene rings is 2. The van der Waals surface area contributed by atoms with Gasteiger partial charge >= 0.3 is 6.03 Å². The van der Waals surface area contributed by atoms with Crippen molar-refractivity contribution in [1.82, 2.24) is 15.5 Å². The van der Waals surface area contributed by atoms with E-state index >= 15 is 0 Å². The van der Waals surface area contributed by atoms with Crippen molar-refractivity contribution in [3.05, 3.63) is 65.2 Å². The van der Waals surface area contributed by atoms with Crippen molar-refractivity contribution in [3.8, 4) is 0 Å². The molecule has 0 spiro atoms. The summed E-state index contributed by atoms with van der Waals surface area (Å²) >= 11 is 0. The molecule has 2 N–H and O–H groups in total. The van der Waals surface area contributed by atoms with E-state index in [9.17, 15) is 9.59 Å². The van der Waals surface area contributed by atoms with E-state index in [0.717, 1.165) is 50.3 Å². The van der Waals surface area contributed by atoms with Gasteiger partial charge < -0.3 is 15.5 Å². The summed E-state index contributed by atoms with van der Waals surface area (Å²) in [5.41, 5.74) is 4.02. The molecule has 2 aromatic rings. The van der Waals surface area contributed by atoms with Crippen molar-refractivity contribution < 1.29 is 9.59 Å². The molecule has 0 bridgehead atoms. The van der Waals surface area contributed by atoms with E-state index in [-0.39, 0.29) is 29.8 Å². The molecule has 0 aliphatic carbocycles. The van der Waals surface area contributed by atoms with E-state index in [4.69, 9.17) is 0 Å². The zero-order valence-electron chi connectivity index (χ0n) is 18.5. The highest BCUT2D eigenvalue weighted by Crippen LogP contribution is 2.43. The fourth-order valence-corrected chi connectivity index (χ4v) is 5.49. The lowest BCUT2D eigenvalue weighted by atomic mass is 9.76.